The first-order valence-electron chi connectivity index (χ1n) is 10.8. The number of nitrogens with zero attached hydrogens (tertiary/aromatic N) is 3. The number of hydrogen-bond acceptors (Lipinski definition) is 4. The van der Waals surface area contributed by atoms with E-state index in [1.165, 1.54) is 11.1 Å². The molecule has 156 valence electrons. The van der Waals surface area contributed by atoms with Gasteiger partial charge in [0.2, 0.25) is 11.9 Å². The summed E-state index contributed by atoms with van der Waals surface area (Å²) in [5, 5.41) is 4.29. The lowest BCUT2D eigenvalue weighted by molar-refractivity contribution is -0.126. The van der Waals surface area contributed by atoms with E-state index in [-0.39, 0.29) is 17.9 Å². The lowest BCUT2D eigenvalue weighted by Crippen LogP contribution is -2.41. The predicted octanol–water partition coefficient (Wildman–Crippen LogP) is 4.65. The largest absolute Gasteiger partial charge is 0.349 e. The van der Waals surface area contributed by atoms with Crippen LogP contribution in [-0.4, -0.2) is 29.0 Å². The van der Waals surface area contributed by atoms with Crippen molar-refractivity contribution in [3.05, 3.63) is 64.8 Å². The predicted molar refractivity (Wildman–Crippen MR) is 122 cm³/mol. The van der Waals surface area contributed by atoms with Gasteiger partial charge in [-0.1, -0.05) is 30.3 Å². The summed E-state index contributed by atoms with van der Waals surface area (Å²) in [4.78, 5) is 24.6. The van der Waals surface area contributed by atoms with Crippen LogP contribution in [0.3, 0.4) is 0 Å². The summed E-state index contributed by atoms with van der Waals surface area (Å²) in [6.07, 6.45) is 1.64. The standard InChI is InChI=1S/C25H30N4O/c1-16-14-22-19(4)27-25(28-23(22)15-17(16)2)29-12-10-21(11-13-29)24(30)26-18(3)20-8-6-5-7-9-20/h5-9,14-15,18,21H,10-13H2,1-4H3,(H,26,30)/t18-/m0/s1. The number of aromatic nitrogens is 2. The van der Waals surface area contributed by atoms with Crippen molar-refractivity contribution in [2.24, 2.45) is 5.92 Å². The molecule has 0 saturated carbocycles. The van der Waals surface area contributed by atoms with Gasteiger partial charge in [-0.2, -0.15) is 0 Å². The third kappa shape index (κ3) is 4.16. The van der Waals surface area contributed by atoms with Crippen molar-refractivity contribution in [2.75, 3.05) is 18.0 Å². The second-order valence-corrected chi connectivity index (χ2v) is 8.46. The van der Waals surface area contributed by atoms with Crippen LogP contribution < -0.4 is 10.2 Å². The lowest BCUT2D eigenvalue weighted by Gasteiger charge is -2.32. The molecule has 0 aliphatic carbocycles. The molecule has 2 heterocycles. The molecule has 5 heteroatoms. The number of carbonyl (C=O) groups excluding carboxylic acids is 1. The number of hydrogen-bond donors (Lipinski definition) is 1. The van der Waals surface area contributed by atoms with Crippen LogP contribution in [0.15, 0.2) is 42.5 Å². The van der Waals surface area contributed by atoms with E-state index < -0.39 is 0 Å². The number of benzene rings is 2. The van der Waals surface area contributed by atoms with E-state index in [1.54, 1.807) is 0 Å². The van der Waals surface area contributed by atoms with Gasteiger partial charge >= 0.3 is 0 Å². The number of aryl methyl sites for hydroxylation is 3. The average Bonchev–Trinajstić information content (AvgIpc) is 2.75. The van der Waals surface area contributed by atoms with Gasteiger partial charge in [0.05, 0.1) is 17.3 Å². The van der Waals surface area contributed by atoms with Crippen LogP contribution in [0.5, 0.6) is 0 Å². The molecule has 0 radical (unpaired) electrons. The molecule has 5 nitrogen and oxygen atoms in total. The van der Waals surface area contributed by atoms with Gasteiger partial charge in [0, 0.05) is 24.4 Å². The van der Waals surface area contributed by atoms with Crippen molar-refractivity contribution in [1.29, 1.82) is 0 Å². The van der Waals surface area contributed by atoms with Gasteiger partial charge in [0.25, 0.3) is 0 Å². The second-order valence-electron chi connectivity index (χ2n) is 8.46. The van der Waals surface area contributed by atoms with E-state index in [0.717, 1.165) is 54.0 Å². The van der Waals surface area contributed by atoms with Gasteiger partial charge in [0.1, 0.15) is 0 Å². The summed E-state index contributed by atoms with van der Waals surface area (Å²) in [6.45, 7) is 9.93. The molecule has 1 atom stereocenters. The molecule has 1 aliphatic heterocycles. The fourth-order valence-corrected chi connectivity index (χ4v) is 4.17. The van der Waals surface area contributed by atoms with Crippen LogP contribution in [0.2, 0.25) is 0 Å². The van der Waals surface area contributed by atoms with E-state index in [2.05, 4.69) is 48.3 Å². The first-order chi connectivity index (χ1) is 14.4. The molecule has 1 saturated heterocycles. The molecule has 1 aromatic heterocycles. The van der Waals surface area contributed by atoms with Crippen molar-refractivity contribution < 1.29 is 4.79 Å². The van der Waals surface area contributed by atoms with Crippen molar-refractivity contribution in [2.45, 2.75) is 46.6 Å². The smallest absolute Gasteiger partial charge is 0.226 e. The Hall–Kier alpha value is -2.95. The highest BCUT2D eigenvalue weighted by molar-refractivity contribution is 5.83. The first kappa shape index (κ1) is 20.3. The van der Waals surface area contributed by atoms with Gasteiger partial charge in [0.15, 0.2) is 0 Å². The summed E-state index contributed by atoms with van der Waals surface area (Å²) < 4.78 is 0. The third-order valence-corrected chi connectivity index (χ3v) is 6.30. The molecule has 2 aromatic carbocycles. The first-order valence-corrected chi connectivity index (χ1v) is 10.8. The van der Waals surface area contributed by atoms with Crippen LogP contribution in [-0.2, 0) is 4.79 Å². The Morgan fingerprint density at radius 3 is 2.40 bits per heavy atom. The Morgan fingerprint density at radius 2 is 1.70 bits per heavy atom. The number of anilines is 1. The van der Waals surface area contributed by atoms with E-state index in [1.807, 2.05) is 32.0 Å². The molecular weight excluding hydrogens is 372 g/mol. The van der Waals surface area contributed by atoms with E-state index in [0.29, 0.717) is 0 Å². The molecule has 1 N–H and O–H groups in total. The Morgan fingerprint density at radius 1 is 1.03 bits per heavy atom. The Labute approximate surface area is 178 Å². The molecule has 0 bridgehead atoms. The van der Waals surface area contributed by atoms with E-state index >= 15 is 0 Å². The molecule has 3 aromatic rings. The maximum atomic E-state index is 12.8. The lowest BCUT2D eigenvalue weighted by atomic mass is 9.95. The quantitative estimate of drug-likeness (QED) is 0.690. The van der Waals surface area contributed by atoms with Crippen molar-refractivity contribution in [3.8, 4) is 0 Å². The topological polar surface area (TPSA) is 58.1 Å². The molecule has 1 fully saturated rings. The number of fused-ring (bicyclic) bond motifs is 1. The summed E-state index contributed by atoms with van der Waals surface area (Å²) in [6, 6.07) is 14.5. The molecule has 0 unspecified atom stereocenters. The van der Waals surface area contributed by atoms with Crippen LogP contribution >= 0.6 is 0 Å². The zero-order valence-corrected chi connectivity index (χ0v) is 18.3. The number of carbonyl (C=O) groups is 1. The van der Waals surface area contributed by atoms with Crippen LogP contribution in [0, 0.1) is 26.7 Å². The van der Waals surface area contributed by atoms with Crippen LogP contribution in [0.1, 0.15) is 48.2 Å². The highest BCUT2D eigenvalue weighted by atomic mass is 16.1. The Kier molecular flexibility index (Phi) is 5.71. The van der Waals surface area contributed by atoms with Crippen molar-refractivity contribution in [3.63, 3.8) is 0 Å². The fraction of sp³-hybridized carbons (Fsp3) is 0.400. The Bertz CT molecular complexity index is 1060. The molecule has 30 heavy (non-hydrogen) atoms. The number of piperidine rings is 1. The van der Waals surface area contributed by atoms with Gasteiger partial charge in [-0.05, 0) is 69.4 Å². The van der Waals surface area contributed by atoms with Gasteiger partial charge in [-0.15, -0.1) is 0 Å². The van der Waals surface area contributed by atoms with Crippen LogP contribution in [0.4, 0.5) is 5.95 Å². The van der Waals surface area contributed by atoms with Crippen LogP contribution in [0.25, 0.3) is 10.9 Å². The minimum atomic E-state index is 0.0231. The fourth-order valence-electron chi connectivity index (χ4n) is 4.17. The molecule has 1 aliphatic rings. The maximum absolute atomic E-state index is 12.8. The van der Waals surface area contributed by atoms with Crippen molar-refractivity contribution in [1.82, 2.24) is 15.3 Å². The van der Waals surface area contributed by atoms with Crippen molar-refractivity contribution >= 4 is 22.8 Å². The summed E-state index contributed by atoms with van der Waals surface area (Å²) >= 11 is 0. The van der Waals surface area contributed by atoms with Gasteiger partial charge < -0.3 is 10.2 Å². The van der Waals surface area contributed by atoms with Gasteiger partial charge in [-0.3, -0.25) is 4.79 Å². The maximum Gasteiger partial charge on any atom is 0.226 e. The SMILES string of the molecule is Cc1cc2nc(N3CCC(C(=O)N[C@@H](C)c4ccccc4)CC3)nc(C)c2cc1C. The number of amides is 1. The summed E-state index contributed by atoms with van der Waals surface area (Å²) in [5.41, 5.74) is 5.65. The van der Waals surface area contributed by atoms with Gasteiger partial charge in [-0.25, -0.2) is 9.97 Å². The summed E-state index contributed by atoms with van der Waals surface area (Å²) in [5.74, 6) is 0.964. The minimum Gasteiger partial charge on any atom is -0.349 e. The molecule has 1 amide bonds. The highest BCUT2D eigenvalue weighted by Crippen LogP contribution is 2.26. The Balaban J connectivity index is 1.42. The molecule has 4 rings (SSSR count). The highest BCUT2D eigenvalue weighted by Gasteiger charge is 2.27. The van der Waals surface area contributed by atoms with E-state index in [9.17, 15) is 4.79 Å². The normalized spacial score (nSPS) is 15.9. The van der Waals surface area contributed by atoms with E-state index in [4.69, 9.17) is 9.97 Å². The summed E-state index contributed by atoms with van der Waals surface area (Å²) in [7, 11) is 0. The zero-order chi connectivity index (χ0) is 21.3. The molecule has 0 spiro atoms. The number of rotatable bonds is 4. The zero-order valence-electron chi connectivity index (χ0n) is 18.3. The minimum absolute atomic E-state index is 0.0231. The number of nitrogens with one attached hydrogen (secondary N) is 1. The second kappa shape index (κ2) is 8.42. The average molecular weight is 403 g/mol. The third-order valence-electron chi connectivity index (χ3n) is 6.30. The molecular formula is C25H30N4O. The monoisotopic (exact) mass is 402 g/mol.